The van der Waals surface area contributed by atoms with E-state index in [1.807, 2.05) is 30.3 Å². The highest BCUT2D eigenvalue weighted by Gasteiger charge is 2.34. The van der Waals surface area contributed by atoms with Crippen molar-refractivity contribution in [1.29, 1.82) is 0 Å². The fourth-order valence-electron chi connectivity index (χ4n) is 3.58. The van der Waals surface area contributed by atoms with E-state index in [4.69, 9.17) is 18.9 Å². The van der Waals surface area contributed by atoms with Crippen LogP contribution in [0.1, 0.15) is 5.56 Å². The second-order valence-electron chi connectivity index (χ2n) is 7.95. The summed E-state index contributed by atoms with van der Waals surface area (Å²) in [6, 6.07) is 21.2. The fraction of sp³-hybridized carbons (Fsp3) is 0.179. The van der Waals surface area contributed by atoms with E-state index < -0.39 is 5.91 Å². The number of rotatable bonds is 11. The number of methoxy groups -OCH3 is 2. The molecule has 1 heterocycles. The quantitative estimate of drug-likeness (QED) is 0.349. The molecule has 0 saturated carbocycles. The first-order valence-corrected chi connectivity index (χ1v) is 12.5. The lowest BCUT2D eigenvalue weighted by molar-refractivity contribution is -0.123. The Balaban J connectivity index is 1.36. The molecular weight excluding hydrogens is 508 g/mol. The predicted octanol–water partition coefficient (Wildman–Crippen LogP) is 4.84. The number of nitrogens with zero attached hydrogens (tertiary/aromatic N) is 1. The maximum absolute atomic E-state index is 12.9. The maximum Gasteiger partial charge on any atom is 0.293 e. The SMILES string of the molecule is COc1ccccc1OCCN1C(=O)S/C(=C\c2ccc(OCC(=O)Nc3ccccc3)c(OC)c2)C1=O. The Morgan fingerprint density at radius 1 is 0.868 bits per heavy atom. The average Bonchev–Trinajstić information content (AvgIpc) is 3.20. The van der Waals surface area contributed by atoms with Gasteiger partial charge in [0.25, 0.3) is 17.1 Å². The third kappa shape index (κ3) is 6.65. The van der Waals surface area contributed by atoms with Gasteiger partial charge in [-0.3, -0.25) is 19.3 Å². The first kappa shape index (κ1) is 26.6. The summed E-state index contributed by atoms with van der Waals surface area (Å²) in [6.45, 7) is 0.0189. The van der Waals surface area contributed by atoms with Gasteiger partial charge in [-0.15, -0.1) is 0 Å². The Labute approximate surface area is 224 Å². The molecule has 1 aliphatic heterocycles. The van der Waals surface area contributed by atoms with Crippen LogP contribution in [-0.4, -0.2) is 55.9 Å². The second kappa shape index (κ2) is 12.7. The monoisotopic (exact) mass is 534 g/mol. The van der Waals surface area contributed by atoms with Crippen LogP contribution in [0.2, 0.25) is 0 Å². The van der Waals surface area contributed by atoms with Crippen LogP contribution in [0.15, 0.2) is 77.7 Å². The van der Waals surface area contributed by atoms with Gasteiger partial charge in [-0.1, -0.05) is 36.4 Å². The zero-order chi connectivity index (χ0) is 26.9. The van der Waals surface area contributed by atoms with Crippen molar-refractivity contribution in [2.45, 2.75) is 0 Å². The van der Waals surface area contributed by atoms with Crippen LogP contribution >= 0.6 is 11.8 Å². The molecule has 38 heavy (non-hydrogen) atoms. The van der Waals surface area contributed by atoms with Crippen molar-refractivity contribution in [2.24, 2.45) is 0 Å². The fourth-order valence-corrected chi connectivity index (χ4v) is 4.45. The smallest absolute Gasteiger partial charge is 0.293 e. The minimum atomic E-state index is -0.402. The van der Waals surface area contributed by atoms with E-state index in [9.17, 15) is 14.4 Å². The highest BCUT2D eigenvalue weighted by Crippen LogP contribution is 2.34. The van der Waals surface area contributed by atoms with Crippen molar-refractivity contribution < 1.29 is 33.3 Å². The van der Waals surface area contributed by atoms with Gasteiger partial charge in [0, 0.05) is 5.69 Å². The molecule has 196 valence electrons. The highest BCUT2D eigenvalue weighted by molar-refractivity contribution is 8.18. The molecule has 9 nitrogen and oxygen atoms in total. The van der Waals surface area contributed by atoms with E-state index in [0.717, 1.165) is 16.7 Å². The number of para-hydroxylation sites is 3. The third-order valence-corrected chi connectivity index (χ3v) is 6.32. The highest BCUT2D eigenvalue weighted by atomic mass is 32.2. The summed E-state index contributed by atoms with van der Waals surface area (Å²) in [6.07, 6.45) is 1.61. The summed E-state index contributed by atoms with van der Waals surface area (Å²) in [5.41, 5.74) is 1.31. The second-order valence-corrected chi connectivity index (χ2v) is 8.94. The standard InChI is InChI=1S/C28H26N2O7S/c1-34-21-10-6-7-11-22(21)36-15-14-30-27(32)25(38-28(30)33)17-19-12-13-23(24(16-19)35-2)37-18-26(31)29-20-8-4-3-5-9-20/h3-13,16-17H,14-15,18H2,1-2H3,(H,29,31)/b25-17-. The normalized spacial score (nSPS) is 13.9. The molecule has 0 bridgehead atoms. The minimum Gasteiger partial charge on any atom is -0.493 e. The number of hydrogen-bond donors (Lipinski definition) is 1. The number of amides is 3. The molecule has 1 saturated heterocycles. The topological polar surface area (TPSA) is 103 Å². The Morgan fingerprint density at radius 3 is 2.29 bits per heavy atom. The first-order chi connectivity index (χ1) is 18.5. The molecule has 1 fully saturated rings. The molecule has 10 heteroatoms. The van der Waals surface area contributed by atoms with Crippen LogP contribution < -0.4 is 24.3 Å². The van der Waals surface area contributed by atoms with E-state index in [1.165, 1.54) is 7.11 Å². The van der Waals surface area contributed by atoms with E-state index in [0.29, 0.717) is 34.2 Å². The molecule has 3 aromatic rings. The van der Waals surface area contributed by atoms with Crippen molar-refractivity contribution in [3.05, 3.63) is 83.3 Å². The van der Waals surface area contributed by atoms with Gasteiger partial charge in [0.15, 0.2) is 29.6 Å². The van der Waals surface area contributed by atoms with Crippen molar-refractivity contribution in [1.82, 2.24) is 4.90 Å². The lowest BCUT2D eigenvalue weighted by atomic mass is 10.2. The molecule has 0 radical (unpaired) electrons. The van der Waals surface area contributed by atoms with Crippen molar-refractivity contribution >= 4 is 40.6 Å². The van der Waals surface area contributed by atoms with E-state index in [1.54, 1.807) is 55.7 Å². The van der Waals surface area contributed by atoms with Gasteiger partial charge in [0.05, 0.1) is 25.7 Å². The van der Waals surface area contributed by atoms with Crippen molar-refractivity contribution in [2.75, 3.05) is 39.3 Å². The number of imide groups is 1. The largest absolute Gasteiger partial charge is 0.493 e. The lowest BCUT2D eigenvalue weighted by Gasteiger charge is -2.14. The van der Waals surface area contributed by atoms with Gasteiger partial charge >= 0.3 is 0 Å². The molecule has 0 spiro atoms. The molecular formula is C28H26N2O7S. The van der Waals surface area contributed by atoms with E-state index in [-0.39, 0.29) is 35.8 Å². The van der Waals surface area contributed by atoms with Gasteiger partial charge in [-0.2, -0.15) is 0 Å². The average molecular weight is 535 g/mol. The van der Waals surface area contributed by atoms with Crippen LogP contribution in [0.5, 0.6) is 23.0 Å². The zero-order valence-corrected chi connectivity index (χ0v) is 21.7. The number of anilines is 1. The van der Waals surface area contributed by atoms with E-state index in [2.05, 4.69) is 5.32 Å². The number of ether oxygens (including phenoxy) is 4. The van der Waals surface area contributed by atoms with Crippen LogP contribution in [0.4, 0.5) is 10.5 Å². The molecule has 3 amide bonds. The molecule has 3 aromatic carbocycles. The Morgan fingerprint density at radius 2 is 1.55 bits per heavy atom. The zero-order valence-electron chi connectivity index (χ0n) is 20.8. The minimum absolute atomic E-state index is 0.0984. The molecule has 1 aliphatic rings. The van der Waals surface area contributed by atoms with Gasteiger partial charge in [0.2, 0.25) is 0 Å². The van der Waals surface area contributed by atoms with Crippen molar-refractivity contribution in [3.8, 4) is 23.0 Å². The van der Waals surface area contributed by atoms with Crippen molar-refractivity contribution in [3.63, 3.8) is 0 Å². The number of benzene rings is 3. The van der Waals surface area contributed by atoms with E-state index >= 15 is 0 Å². The number of nitrogens with one attached hydrogen (secondary N) is 1. The summed E-state index contributed by atoms with van der Waals surface area (Å²) in [7, 11) is 3.02. The summed E-state index contributed by atoms with van der Waals surface area (Å²) in [5, 5.41) is 2.37. The maximum atomic E-state index is 12.9. The number of carbonyl (C=O) groups excluding carboxylic acids is 3. The molecule has 0 aliphatic carbocycles. The molecule has 1 N–H and O–H groups in total. The summed E-state index contributed by atoms with van der Waals surface area (Å²) in [4.78, 5) is 39.0. The van der Waals surface area contributed by atoms with Gasteiger partial charge in [-0.05, 0) is 59.8 Å². The summed E-state index contributed by atoms with van der Waals surface area (Å²) in [5.74, 6) is 1.14. The number of thioether (sulfide) groups is 1. The molecule has 0 unspecified atom stereocenters. The predicted molar refractivity (Wildman–Crippen MR) is 145 cm³/mol. The van der Waals surface area contributed by atoms with Crippen LogP contribution in [0.3, 0.4) is 0 Å². The van der Waals surface area contributed by atoms with Crippen LogP contribution in [0, 0.1) is 0 Å². The van der Waals surface area contributed by atoms with Gasteiger partial charge in [-0.25, -0.2) is 0 Å². The molecule has 0 atom stereocenters. The van der Waals surface area contributed by atoms with Crippen LogP contribution in [-0.2, 0) is 9.59 Å². The third-order valence-electron chi connectivity index (χ3n) is 5.42. The molecule has 0 aromatic heterocycles. The first-order valence-electron chi connectivity index (χ1n) is 11.7. The van der Waals surface area contributed by atoms with Gasteiger partial charge in [0.1, 0.15) is 6.61 Å². The number of hydrogen-bond acceptors (Lipinski definition) is 8. The number of carbonyl (C=O) groups is 3. The lowest BCUT2D eigenvalue weighted by Crippen LogP contribution is -2.32. The Hall–Kier alpha value is -4.44. The summed E-state index contributed by atoms with van der Waals surface area (Å²) >= 11 is 0.857. The summed E-state index contributed by atoms with van der Waals surface area (Å²) < 4.78 is 22.0. The molecule has 4 rings (SSSR count). The Kier molecular flexibility index (Phi) is 8.89. The Bertz CT molecular complexity index is 1340. The van der Waals surface area contributed by atoms with Crippen LogP contribution in [0.25, 0.3) is 6.08 Å². The van der Waals surface area contributed by atoms with Gasteiger partial charge < -0.3 is 24.3 Å².